The first-order chi connectivity index (χ1) is 11.3. The Morgan fingerprint density at radius 1 is 1.04 bits per heavy atom. The maximum atomic E-state index is 6.32. The zero-order valence-electron chi connectivity index (χ0n) is 13.5. The molecular weight excluding hydrogens is 290 g/mol. The summed E-state index contributed by atoms with van der Waals surface area (Å²) in [6.07, 6.45) is 0.682. The fourth-order valence-electron chi connectivity index (χ4n) is 2.77. The molecule has 0 aromatic heterocycles. The molecule has 1 saturated heterocycles. The molecule has 4 heteroatoms. The Kier molecular flexibility index (Phi) is 5.16. The van der Waals surface area contributed by atoms with E-state index < -0.39 is 5.79 Å². The highest BCUT2D eigenvalue weighted by Gasteiger charge is 2.36. The zero-order valence-corrected chi connectivity index (χ0v) is 13.5. The largest absolute Gasteiger partial charge is 0.490 e. The van der Waals surface area contributed by atoms with Gasteiger partial charge in [0.25, 0.3) is 0 Å². The predicted molar refractivity (Wildman–Crippen MR) is 89.9 cm³/mol. The Labute approximate surface area is 137 Å². The van der Waals surface area contributed by atoms with Gasteiger partial charge in [-0.3, -0.25) is 0 Å². The van der Waals surface area contributed by atoms with Gasteiger partial charge < -0.3 is 19.5 Å². The molecule has 2 aromatic carbocycles. The third-order valence-corrected chi connectivity index (χ3v) is 3.80. The molecule has 1 heterocycles. The smallest absolute Gasteiger partial charge is 0.227 e. The zero-order chi connectivity index (χ0) is 16.0. The van der Waals surface area contributed by atoms with E-state index in [4.69, 9.17) is 14.2 Å². The molecule has 0 spiro atoms. The van der Waals surface area contributed by atoms with E-state index in [1.807, 2.05) is 49.4 Å². The predicted octanol–water partition coefficient (Wildman–Crippen LogP) is 3.02. The van der Waals surface area contributed by atoms with Gasteiger partial charge in [0.05, 0.1) is 19.8 Å². The minimum atomic E-state index is -0.715. The standard InChI is InChI=1S/C19H23NO3/c1-2-21-17-10-6-7-11-18(17)23-19(15-20-12-13-22-19)14-16-8-4-3-5-9-16/h3-11,20H,2,12-15H2,1H3. The van der Waals surface area contributed by atoms with Crippen molar-refractivity contribution >= 4 is 0 Å². The first kappa shape index (κ1) is 15.8. The monoisotopic (exact) mass is 313 g/mol. The van der Waals surface area contributed by atoms with Crippen molar-refractivity contribution in [2.24, 2.45) is 0 Å². The van der Waals surface area contributed by atoms with Crippen molar-refractivity contribution in [2.75, 3.05) is 26.3 Å². The number of hydrogen-bond acceptors (Lipinski definition) is 4. The van der Waals surface area contributed by atoms with Crippen LogP contribution in [0.2, 0.25) is 0 Å². The van der Waals surface area contributed by atoms with Gasteiger partial charge in [-0.25, -0.2) is 0 Å². The molecule has 122 valence electrons. The number of benzene rings is 2. The van der Waals surface area contributed by atoms with E-state index in [0.29, 0.717) is 31.9 Å². The Morgan fingerprint density at radius 2 is 1.78 bits per heavy atom. The van der Waals surface area contributed by atoms with Gasteiger partial charge in [-0.05, 0) is 24.6 Å². The highest BCUT2D eigenvalue weighted by Crippen LogP contribution is 2.32. The topological polar surface area (TPSA) is 39.7 Å². The molecule has 0 aliphatic carbocycles. The lowest BCUT2D eigenvalue weighted by atomic mass is 10.0. The lowest BCUT2D eigenvalue weighted by molar-refractivity contribution is -0.194. The highest BCUT2D eigenvalue weighted by atomic mass is 16.7. The first-order valence-corrected chi connectivity index (χ1v) is 8.11. The van der Waals surface area contributed by atoms with Crippen molar-refractivity contribution in [3.8, 4) is 11.5 Å². The molecule has 1 atom stereocenters. The van der Waals surface area contributed by atoms with Crippen molar-refractivity contribution in [3.05, 3.63) is 60.2 Å². The van der Waals surface area contributed by atoms with Crippen LogP contribution in [0, 0.1) is 0 Å². The molecule has 0 radical (unpaired) electrons. The average Bonchev–Trinajstić information content (AvgIpc) is 2.58. The van der Waals surface area contributed by atoms with Crippen LogP contribution in [-0.2, 0) is 11.2 Å². The Morgan fingerprint density at radius 3 is 2.48 bits per heavy atom. The summed E-state index contributed by atoms with van der Waals surface area (Å²) in [4.78, 5) is 0. The van der Waals surface area contributed by atoms with Crippen molar-refractivity contribution in [1.29, 1.82) is 0 Å². The summed E-state index contributed by atoms with van der Waals surface area (Å²) in [7, 11) is 0. The van der Waals surface area contributed by atoms with E-state index in [1.54, 1.807) is 0 Å². The van der Waals surface area contributed by atoms with Crippen molar-refractivity contribution in [3.63, 3.8) is 0 Å². The number of hydrogen-bond donors (Lipinski definition) is 1. The average molecular weight is 313 g/mol. The molecule has 4 nitrogen and oxygen atoms in total. The summed E-state index contributed by atoms with van der Waals surface area (Å²) in [5, 5.41) is 3.38. The second kappa shape index (κ2) is 7.49. The van der Waals surface area contributed by atoms with Gasteiger partial charge in [0.2, 0.25) is 5.79 Å². The molecule has 1 aliphatic rings. The lowest BCUT2D eigenvalue weighted by Gasteiger charge is -2.38. The molecule has 23 heavy (non-hydrogen) atoms. The molecule has 1 N–H and O–H groups in total. The second-order valence-electron chi connectivity index (χ2n) is 5.58. The van der Waals surface area contributed by atoms with Crippen LogP contribution in [-0.4, -0.2) is 32.1 Å². The van der Waals surface area contributed by atoms with Gasteiger partial charge in [-0.15, -0.1) is 0 Å². The van der Waals surface area contributed by atoms with Crippen LogP contribution in [0.5, 0.6) is 11.5 Å². The van der Waals surface area contributed by atoms with Gasteiger partial charge in [0.1, 0.15) is 0 Å². The molecule has 3 rings (SSSR count). The molecule has 2 aromatic rings. The maximum Gasteiger partial charge on any atom is 0.227 e. The number of nitrogens with one attached hydrogen (secondary N) is 1. The summed E-state index contributed by atoms with van der Waals surface area (Å²) < 4.78 is 18.1. The number of para-hydroxylation sites is 2. The van der Waals surface area contributed by atoms with Gasteiger partial charge in [0, 0.05) is 13.0 Å². The minimum Gasteiger partial charge on any atom is -0.490 e. The SMILES string of the molecule is CCOc1ccccc1OC1(Cc2ccccc2)CNCCO1. The molecule has 0 amide bonds. The fraction of sp³-hybridized carbons (Fsp3) is 0.368. The Balaban J connectivity index is 1.85. The van der Waals surface area contributed by atoms with E-state index in [1.165, 1.54) is 5.56 Å². The van der Waals surface area contributed by atoms with E-state index in [0.717, 1.165) is 12.3 Å². The van der Waals surface area contributed by atoms with Gasteiger partial charge in [-0.2, -0.15) is 0 Å². The summed E-state index contributed by atoms with van der Waals surface area (Å²) in [6, 6.07) is 18.0. The molecule has 1 aliphatic heterocycles. The van der Waals surface area contributed by atoms with Crippen LogP contribution in [0.1, 0.15) is 12.5 Å². The Bertz CT molecular complexity index is 609. The van der Waals surface area contributed by atoms with Crippen molar-refractivity contribution in [1.82, 2.24) is 5.32 Å². The summed E-state index contributed by atoms with van der Waals surface area (Å²) >= 11 is 0. The maximum absolute atomic E-state index is 6.32. The summed E-state index contributed by atoms with van der Waals surface area (Å²) in [6.45, 7) is 4.68. The van der Waals surface area contributed by atoms with Crippen molar-refractivity contribution in [2.45, 2.75) is 19.1 Å². The first-order valence-electron chi connectivity index (χ1n) is 8.11. The summed E-state index contributed by atoms with van der Waals surface area (Å²) in [5.41, 5.74) is 1.19. The number of ether oxygens (including phenoxy) is 3. The quantitative estimate of drug-likeness (QED) is 0.890. The van der Waals surface area contributed by atoms with Crippen LogP contribution in [0.25, 0.3) is 0 Å². The molecule has 1 fully saturated rings. The fourth-order valence-corrected chi connectivity index (χ4v) is 2.77. The summed E-state index contributed by atoms with van der Waals surface area (Å²) in [5.74, 6) is 0.748. The Hall–Kier alpha value is -2.04. The second-order valence-corrected chi connectivity index (χ2v) is 5.58. The van der Waals surface area contributed by atoms with E-state index in [2.05, 4.69) is 17.4 Å². The van der Waals surface area contributed by atoms with Crippen molar-refractivity contribution < 1.29 is 14.2 Å². The lowest BCUT2D eigenvalue weighted by Crippen LogP contribution is -2.55. The number of rotatable bonds is 6. The van der Waals surface area contributed by atoms with E-state index in [9.17, 15) is 0 Å². The van der Waals surface area contributed by atoms with Crippen LogP contribution in [0.4, 0.5) is 0 Å². The van der Waals surface area contributed by atoms with Gasteiger partial charge >= 0.3 is 0 Å². The van der Waals surface area contributed by atoms with E-state index in [-0.39, 0.29) is 0 Å². The van der Waals surface area contributed by atoms with E-state index >= 15 is 0 Å². The van der Waals surface area contributed by atoms with Crippen LogP contribution >= 0.6 is 0 Å². The molecule has 0 bridgehead atoms. The van der Waals surface area contributed by atoms with Crippen LogP contribution in [0.3, 0.4) is 0 Å². The third-order valence-electron chi connectivity index (χ3n) is 3.80. The highest BCUT2D eigenvalue weighted by molar-refractivity contribution is 5.40. The van der Waals surface area contributed by atoms with Crippen LogP contribution < -0.4 is 14.8 Å². The third kappa shape index (κ3) is 4.03. The molecule has 0 saturated carbocycles. The van der Waals surface area contributed by atoms with Gasteiger partial charge in [-0.1, -0.05) is 42.5 Å². The van der Waals surface area contributed by atoms with Crippen LogP contribution in [0.15, 0.2) is 54.6 Å². The molecular formula is C19H23NO3. The normalized spacial score (nSPS) is 20.9. The minimum absolute atomic E-state index is 0.602. The van der Waals surface area contributed by atoms with Gasteiger partial charge in [0.15, 0.2) is 11.5 Å². The number of morpholine rings is 1. The molecule has 1 unspecified atom stereocenters.